The predicted octanol–water partition coefficient (Wildman–Crippen LogP) is 1.83. The highest BCUT2D eigenvalue weighted by molar-refractivity contribution is 5.80. The van der Waals surface area contributed by atoms with Gasteiger partial charge in [0.1, 0.15) is 11.7 Å². The van der Waals surface area contributed by atoms with E-state index in [1.807, 2.05) is 0 Å². The number of rotatable bonds is 4. The molecule has 2 aromatic carbocycles. The molecule has 2 aromatic rings. The minimum Gasteiger partial charge on any atom is -0.493 e. The largest absolute Gasteiger partial charge is 0.493 e. The third kappa shape index (κ3) is 2.55. The van der Waals surface area contributed by atoms with Gasteiger partial charge in [0.05, 0.1) is 21.3 Å². The molecule has 0 amide bonds. The lowest BCUT2D eigenvalue weighted by Gasteiger charge is -2.38. The molecule has 158 valence electrons. The van der Waals surface area contributed by atoms with Crippen LogP contribution in [-0.4, -0.2) is 51.6 Å². The van der Waals surface area contributed by atoms with Crippen LogP contribution in [0.5, 0.6) is 34.5 Å². The van der Waals surface area contributed by atoms with Crippen LogP contribution >= 0.6 is 0 Å². The molecule has 0 bridgehead atoms. The first kappa shape index (κ1) is 18.7. The second-order valence-electron chi connectivity index (χ2n) is 7.21. The minimum absolute atomic E-state index is 0.0861. The number of fused-ring (bicyclic) bond motifs is 3. The topological polar surface area (TPSA) is 102 Å². The normalized spacial score (nSPS) is 25.7. The monoisotopic (exact) mass is 416 g/mol. The fourth-order valence-corrected chi connectivity index (χ4v) is 4.32. The van der Waals surface area contributed by atoms with Crippen molar-refractivity contribution in [3.63, 3.8) is 0 Å². The van der Waals surface area contributed by atoms with E-state index in [1.165, 1.54) is 21.3 Å². The molecule has 0 saturated carbocycles. The molecule has 3 aliphatic heterocycles. The van der Waals surface area contributed by atoms with E-state index in [2.05, 4.69) is 0 Å². The lowest BCUT2D eigenvalue weighted by Crippen LogP contribution is -2.50. The van der Waals surface area contributed by atoms with Crippen LogP contribution in [0.4, 0.5) is 0 Å². The lowest BCUT2D eigenvalue weighted by atomic mass is 9.75. The van der Waals surface area contributed by atoms with Crippen molar-refractivity contribution >= 4 is 5.97 Å². The van der Waals surface area contributed by atoms with Gasteiger partial charge in [-0.3, -0.25) is 4.79 Å². The van der Waals surface area contributed by atoms with E-state index in [4.69, 9.17) is 33.2 Å². The van der Waals surface area contributed by atoms with E-state index in [9.17, 15) is 9.90 Å². The first-order valence-electron chi connectivity index (χ1n) is 9.30. The summed E-state index contributed by atoms with van der Waals surface area (Å²) in [4.78, 5) is 12.7. The third-order valence-electron chi connectivity index (χ3n) is 5.67. The average Bonchev–Trinajstić information content (AvgIpc) is 3.32. The standard InChI is InChI=1S/C21H20O9/c1-24-15-4-10(5-16(25-2)19(15)26-3)17-11-6-13-14(29-9-28-13)7-12(11)30-21(23)8-27-20(22)18(17)21/h4-7,17-18,23H,8-9H2,1-3H3/t17-,18+,21+/m0/s1. The predicted molar refractivity (Wildman–Crippen MR) is 101 cm³/mol. The number of benzene rings is 2. The number of carbonyl (C=O) groups excluding carboxylic acids is 1. The molecule has 0 aromatic heterocycles. The Bertz CT molecular complexity index is 1010. The summed E-state index contributed by atoms with van der Waals surface area (Å²) in [5, 5.41) is 11.1. The molecule has 30 heavy (non-hydrogen) atoms. The SMILES string of the molecule is COc1cc([C@H]2c3cc4c(cc3O[C@]3(O)COC(=O)[C@@H]23)OCO4)cc(OC)c1OC. The van der Waals surface area contributed by atoms with E-state index in [-0.39, 0.29) is 13.4 Å². The van der Waals surface area contributed by atoms with E-state index in [0.29, 0.717) is 45.6 Å². The van der Waals surface area contributed by atoms with Gasteiger partial charge in [0.15, 0.2) is 29.6 Å². The van der Waals surface area contributed by atoms with Crippen LogP contribution in [0.25, 0.3) is 0 Å². The van der Waals surface area contributed by atoms with Gasteiger partial charge in [-0.25, -0.2) is 0 Å². The highest BCUT2D eigenvalue weighted by Crippen LogP contribution is 2.55. The zero-order valence-corrected chi connectivity index (χ0v) is 16.6. The van der Waals surface area contributed by atoms with Crippen LogP contribution in [-0.2, 0) is 9.53 Å². The molecule has 0 spiro atoms. The Morgan fingerprint density at radius 2 is 1.60 bits per heavy atom. The van der Waals surface area contributed by atoms with Gasteiger partial charge < -0.3 is 38.3 Å². The fourth-order valence-electron chi connectivity index (χ4n) is 4.32. The van der Waals surface area contributed by atoms with Crippen molar-refractivity contribution in [2.45, 2.75) is 11.7 Å². The number of hydrogen-bond donors (Lipinski definition) is 1. The lowest BCUT2D eigenvalue weighted by molar-refractivity contribution is -0.173. The van der Waals surface area contributed by atoms with Gasteiger partial charge in [0.2, 0.25) is 12.5 Å². The van der Waals surface area contributed by atoms with Crippen molar-refractivity contribution in [1.29, 1.82) is 0 Å². The van der Waals surface area contributed by atoms with Crippen LogP contribution in [0.3, 0.4) is 0 Å². The van der Waals surface area contributed by atoms with E-state index < -0.39 is 23.6 Å². The molecule has 3 atom stereocenters. The van der Waals surface area contributed by atoms with Crippen LogP contribution < -0.4 is 28.4 Å². The Morgan fingerprint density at radius 1 is 0.933 bits per heavy atom. The van der Waals surface area contributed by atoms with Gasteiger partial charge >= 0.3 is 5.97 Å². The van der Waals surface area contributed by atoms with Crippen molar-refractivity contribution in [3.8, 4) is 34.5 Å². The molecule has 9 heteroatoms. The highest BCUT2D eigenvalue weighted by atomic mass is 16.7. The molecular weight excluding hydrogens is 396 g/mol. The Morgan fingerprint density at radius 3 is 2.23 bits per heavy atom. The number of cyclic esters (lactones) is 1. The summed E-state index contributed by atoms with van der Waals surface area (Å²) in [6.45, 7) is -0.186. The highest BCUT2D eigenvalue weighted by Gasteiger charge is 2.59. The summed E-state index contributed by atoms with van der Waals surface area (Å²) in [6, 6.07) is 6.91. The van der Waals surface area contributed by atoms with Crippen molar-refractivity contribution < 1.29 is 43.1 Å². The first-order valence-corrected chi connectivity index (χ1v) is 9.30. The summed E-state index contributed by atoms with van der Waals surface area (Å²) in [7, 11) is 4.53. The molecule has 5 rings (SSSR count). The molecule has 0 aliphatic carbocycles. The maximum atomic E-state index is 12.7. The second kappa shape index (κ2) is 6.60. The van der Waals surface area contributed by atoms with Gasteiger partial charge in [0.25, 0.3) is 5.79 Å². The molecule has 1 fully saturated rings. The maximum Gasteiger partial charge on any atom is 0.317 e. The third-order valence-corrected chi connectivity index (χ3v) is 5.67. The molecule has 0 radical (unpaired) electrons. The number of ether oxygens (including phenoxy) is 7. The van der Waals surface area contributed by atoms with Gasteiger partial charge in [-0.2, -0.15) is 0 Å². The average molecular weight is 416 g/mol. The van der Waals surface area contributed by atoms with E-state index >= 15 is 0 Å². The van der Waals surface area contributed by atoms with E-state index in [0.717, 1.165) is 0 Å². The number of aliphatic hydroxyl groups is 1. The van der Waals surface area contributed by atoms with Crippen molar-refractivity contribution in [3.05, 3.63) is 35.4 Å². The smallest absolute Gasteiger partial charge is 0.317 e. The van der Waals surface area contributed by atoms with Crippen molar-refractivity contribution in [2.24, 2.45) is 5.92 Å². The molecular formula is C21H20O9. The van der Waals surface area contributed by atoms with Crippen LogP contribution in [0, 0.1) is 5.92 Å². The minimum atomic E-state index is -1.82. The van der Waals surface area contributed by atoms with E-state index in [1.54, 1.807) is 24.3 Å². The molecule has 1 N–H and O–H groups in total. The summed E-state index contributed by atoms with van der Waals surface area (Å²) in [6.07, 6.45) is 0. The zero-order chi connectivity index (χ0) is 21.0. The van der Waals surface area contributed by atoms with Crippen LogP contribution in [0.2, 0.25) is 0 Å². The number of methoxy groups -OCH3 is 3. The zero-order valence-electron chi connectivity index (χ0n) is 16.6. The second-order valence-corrected chi connectivity index (χ2v) is 7.21. The number of carbonyl (C=O) groups is 1. The van der Waals surface area contributed by atoms with Gasteiger partial charge in [0, 0.05) is 17.5 Å². The number of hydrogen-bond acceptors (Lipinski definition) is 9. The fraction of sp³-hybridized carbons (Fsp3) is 0.381. The quantitative estimate of drug-likeness (QED) is 0.748. The molecule has 1 saturated heterocycles. The van der Waals surface area contributed by atoms with Gasteiger partial charge in [-0.05, 0) is 23.8 Å². The molecule has 3 aliphatic rings. The Hall–Kier alpha value is -3.33. The summed E-state index contributed by atoms with van der Waals surface area (Å²) in [5.41, 5.74) is 1.32. The van der Waals surface area contributed by atoms with Gasteiger partial charge in [-0.15, -0.1) is 0 Å². The summed E-state index contributed by atoms with van der Waals surface area (Å²) < 4.78 is 38.3. The van der Waals surface area contributed by atoms with Crippen LogP contribution in [0.15, 0.2) is 24.3 Å². The molecule has 3 heterocycles. The Kier molecular flexibility index (Phi) is 4.11. The molecule has 0 unspecified atom stereocenters. The van der Waals surface area contributed by atoms with Crippen molar-refractivity contribution in [1.82, 2.24) is 0 Å². The molecule has 9 nitrogen and oxygen atoms in total. The summed E-state index contributed by atoms with van der Waals surface area (Å²) >= 11 is 0. The Balaban J connectivity index is 1.75. The first-order chi connectivity index (χ1) is 14.5. The summed E-state index contributed by atoms with van der Waals surface area (Å²) in [5.74, 6) is -1.28. The number of esters is 1. The maximum absolute atomic E-state index is 12.7. The van der Waals surface area contributed by atoms with Crippen molar-refractivity contribution in [2.75, 3.05) is 34.7 Å². The Labute approximate surface area is 172 Å². The van der Waals surface area contributed by atoms with Crippen LogP contribution in [0.1, 0.15) is 17.0 Å². The van der Waals surface area contributed by atoms with Gasteiger partial charge in [-0.1, -0.05) is 0 Å².